The lowest BCUT2D eigenvalue weighted by atomic mass is 9.70. The van der Waals surface area contributed by atoms with Crippen molar-refractivity contribution in [2.24, 2.45) is 11.8 Å². The van der Waals surface area contributed by atoms with Gasteiger partial charge in [0.15, 0.2) is 0 Å². The van der Waals surface area contributed by atoms with Crippen molar-refractivity contribution in [3.8, 4) is 0 Å². The molecule has 3 aliphatic rings. The summed E-state index contributed by atoms with van der Waals surface area (Å²) in [5.41, 5.74) is -1.13. The minimum Gasteiger partial charge on any atom is -0.460 e. The van der Waals surface area contributed by atoms with Crippen molar-refractivity contribution < 1.29 is 33.8 Å². The molecule has 0 aromatic carbocycles. The van der Waals surface area contributed by atoms with Crippen LogP contribution in [0.2, 0.25) is 0 Å². The van der Waals surface area contributed by atoms with Crippen LogP contribution >= 0.6 is 0 Å². The van der Waals surface area contributed by atoms with Crippen LogP contribution in [0.3, 0.4) is 0 Å². The molecule has 2 bridgehead atoms. The van der Waals surface area contributed by atoms with E-state index in [0.717, 1.165) is 19.3 Å². The molecule has 3 rings (SSSR count). The molecule has 0 unspecified atom stereocenters. The van der Waals surface area contributed by atoms with E-state index in [0.29, 0.717) is 38.8 Å². The highest BCUT2D eigenvalue weighted by Crippen LogP contribution is 2.58. The summed E-state index contributed by atoms with van der Waals surface area (Å²) >= 11 is 0. The fraction of sp³-hybridized carbons (Fsp3) is 0.714. The highest BCUT2D eigenvalue weighted by Gasteiger charge is 2.75. The van der Waals surface area contributed by atoms with Gasteiger partial charge in [0.05, 0.1) is 31.1 Å². The van der Waals surface area contributed by atoms with E-state index < -0.39 is 41.7 Å². The molecule has 38 heavy (non-hydrogen) atoms. The van der Waals surface area contributed by atoms with E-state index in [1.54, 1.807) is 24.0 Å². The Morgan fingerprint density at radius 2 is 2.08 bits per heavy atom. The standard InChI is InChI=1S/C28H43N3O7/c1-5-8-10-15-30(14-7-3)26(35)24-28-13-12-20(38-28)22(23(28)25(34)31(24)16-17-32)27(36)37-19(4)18-29-21(33)11-9-6-2/h6-7,19-20,22-24,32H,2-3,5,8-18H2,1,4H3,(H,29,33)/t19-,20-,22+,23+,24-,28+/m1/s1. The van der Waals surface area contributed by atoms with E-state index in [2.05, 4.69) is 25.4 Å². The summed E-state index contributed by atoms with van der Waals surface area (Å²) < 4.78 is 12.0. The Morgan fingerprint density at radius 1 is 1.32 bits per heavy atom. The smallest absolute Gasteiger partial charge is 0.312 e. The van der Waals surface area contributed by atoms with Crippen LogP contribution < -0.4 is 5.32 Å². The second-order valence-corrected chi connectivity index (χ2v) is 10.5. The van der Waals surface area contributed by atoms with Crippen molar-refractivity contribution in [1.29, 1.82) is 0 Å². The molecule has 1 spiro atoms. The van der Waals surface area contributed by atoms with Crippen LogP contribution in [0.15, 0.2) is 25.3 Å². The number of likely N-dealkylation sites (tertiary alicyclic amines) is 1. The molecule has 6 atom stereocenters. The zero-order chi connectivity index (χ0) is 27.9. The van der Waals surface area contributed by atoms with E-state index >= 15 is 0 Å². The van der Waals surface area contributed by atoms with Gasteiger partial charge in [-0.1, -0.05) is 31.9 Å². The first-order valence-electron chi connectivity index (χ1n) is 13.8. The van der Waals surface area contributed by atoms with E-state index in [-0.39, 0.29) is 37.4 Å². The van der Waals surface area contributed by atoms with Gasteiger partial charge in [0.25, 0.3) is 0 Å². The van der Waals surface area contributed by atoms with Crippen LogP contribution in [0.25, 0.3) is 0 Å². The third kappa shape index (κ3) is 5.96. The molecule has 10 nitrogen and oxygen atoms in total. The van der Waals surface area contributed by atoms with Crippen LogP contribution in [0.1, 0.15) is 58.8 Å². The summed E-state index contributed by atoms with van der Waals surface area (Å²) in [5, 5.41) is 12.5. The van der Waals surface area contributed by atoms with Gasteiger partial charge in [0.1, 0.15) is 17.7 Å². The highest BCUT2D eigenvalue weighted by molar-refractivity contribution is 5.98. The molecule has 2 N–H and O–H groups in total. The Kier molecular flexibility index (Phi) is 10.5. The molecule has 3 heterocycles. The second-order valence-electron chi connectivity index (χ2n) is 10.5. The van der Waals surface area contributed by atoms with Gasteiger partial charge >= 0.3 is 5.97 Å². The first kappa shape index (κ1) is 29.8. The summed E-state index contributed by atoms with van der Waals surface area (Å²) in [5.74, 6) is -3.03. The first-order chi connectivity index (χ1) is 18.2. The molecule has 0 aromatic rings. The first-order valence-corrected chi connectivity index (χ1v) is 13.8. The third-order valence-corrected chi connectivity index (χ3v) is 7.82. The maximum absolute atomic E-state index is 13.9. The Morgan fingerprint density at radius 3 is 2.74 bits per heavy atom. The third-order valence-electron chi connectivity index (χ3n) is 7.82. The summed E-state index contributed by atoms with van der Waals surface area (Å²) in [6, 6.07) is -0.918. The average molecular weight is 534 g/mol. The molecular weight excluding hydrogens is 490 g/mol. The van der Waals surface area contributed by atoms with Crippen LogP contribution in [-0.4, -0.2) is 95.2 Å². The number of esters is 1. The number of nitrogens with one attached hydrogen (secondary N) is 1. The number of unbranched alkanes of at least 4 members (excludes halogenated alkanes) is 2. The lowest BCUT2D eigenvalue weighted by Crippen LogP contribution is -2.56. The summed E-state index contributed by atoms with van der Waals surface area (Å²) in [7, 11) is 0. The van der Waals surface area contributed by atoms with Crippen molar-refractivity contribution in [3.63, 3.8) is 0 Å². The topological polar surface area (TPSA) is 125 Å². The second kappa shape index (κ2) is 13.4. The fourth-order valence-corrected chi connectivity index (χ4v) is 6.12. The van der Waals surface area contributed by atoms with Crippen molar-refractivity contribution in [2.75, 3.05) is 32.8 Å². The quantitative estimate of drug-likeness (QED) is 0.175. The van der Waals surface area contributed by atoms with Crippen molar-refractivity contribution >= 4 is 23.7 Å². The van der Waals surface area contributed by atoms with E-state index in [1.165, 1.54) is 4.90 Å². The van der Waals surface area contributed by atoms with E-state index in [9.17, 15) is 24.3 Å². The molecule has 3 fully saturated rings. The molecule has 0 aromatic heterocycles. The van der Waals surface area contributed by atoms with Gasteiger partial charge in [-0.3, -0.25) is 19.2 Å². The number of allylic oxidation sites excluding steroid dienone is 1. The van der Waals surface area contributed by atoms with Crippen LogP contribution in [0, 0.1) is 11.8 Å². The van der Waals surface area contributed by atoms with Crippen LogP contribution in [0.5, 0.6) is 0 Å². The number of rotatable bonds is 16. The van der Waals surface area contributed by atoms with Crippen LogP contribution in [0.4, 0.5) is 0 Å². The van der Waals surface area contributed by atoms with Gasteiger partial charge in [-0.25, -0.2) is 0 Å². The molecule has 0 aliphatic carbocycles. The minimum absolute atomic E-state index is 0.0205. The lowest BCUT2D eigenvalue weighted by Gasteiger charge is -2.36. The average Bonchev–Trinajstić information content (AvgIpc) is 3.53. The molecular formula is C28H43N3O7. The van der Waals surface area contributed by atoms with Gasteiger partial charge in [-0.2, -0.15) is 0 Å². The van der Waals surface area contributed by atoms with Crippen molar-refractivity contribution in [2.45, 2.75) is 82.6 Å². The number of aliphatic hydroxyl groups excluding tert-OH is 1. The zero-order valence-electron chi connectivity index (χ0n) is 22.7. The summed E-state index contributed by atoms with van der Waals surface area (Å²) in [4.78, 5) is 56.0. The van der Waals surface area contributed by atoms with Gasteiger partial charge in [-0.15, -0.1) is 13.2 Å². The molecule has 212 valence electrons. The predicted octanol–water partition coefficient (Wildman–Crippen LogP) is 1.57. The number of amides is 3. The molecule has 3 amide bonds. The number of carbonyl (C=O) groups excluding carboxylic acids is 4. The number of β-amino-alcohol motifs (C(OH)–C–C–N with tert-alkyl or cyclic N) is 1. The van der Waals surface area contributed by atoms with Gasteiger partial charge in [0.2, 0.25) is 17.7 Å². The maximum atomic E-state index is 13.9. The zero-order valence-corrected chi connectivity index (χ0v) is 22.7. The van der Waals surface area contributed by atoms with Crippen LogP contribution in [-0.2, 0) is 28.7 Å². The molecule has 0 radical (unpaired) electrons. The number of nitrogens with zero attached hydrogens (tertiary/aromatic N) is 2. The minimum atomic E-state index is -1.13. The van der Waals surface area contributed by atoms with Crippen molar-refractivity contribution in [1.82, 2.24) is 15.1 Å². The Bertz CT molecular complexity index is 909. The largest absolute Gasteiger partial charge is 0.460 e. The number of ether oxygens (including phenoxy) is 2. The molecule has 3 aliphatic heterocycles. The monoisotopic (exact) mass is 533 g/mol. The predicted molar refractivity (Wildman–Crippen MR) is 141 cm³/mol. The van der Waals surface area contributed by atoms with Gasteiger partial charge < -0.3 is 29.7 Å². The Hall–Kier alpha value is -2.72. The number of hydrogen-bond donors (Lipinski definition) is 2. The molecule has 3 saturated heterocycles. The summed E-state index contributed by atoms with van der Waals surface area (Å²) in [6.07, 6.45) is 6.87. The van der Waals surface area contributed by atoms with Gasteiger partial charge in [0, 0.05) is 26.1 Å². The normalized spacial score (nSPS) is 28.1. The van der Waals surface area contributed by atoms with Gasteiger partial charge in [-0.05, 0) is 32.6 Å². The van der Waals surface area contributed by atoms with E-state index in [1.807, 2.05) is 0 Å². The van der Waals surface area contributed by atoms with Crippen molar-refractivity contribution in [3.05, 3.63) is 25.3 Å². The number of fused-ring (bicyclic) bond motifs is 1. The van der Waals surface area contributed by atoms with E-state index in [4.69, 9.17) is 9.47 Å². The Labute approximate surface area is 225 Å². The highest BCUT2D eigenvalue weighted by atomic mass is 16.6. The molecule has 0 saturated carbocycles. The maximum Gasteiger partial charge on any atom is 0.312 e. The summed E-state index contributed by atoms with van der Waals surface area (Å²) in [6.45, 7) is 11.8. The Balaban J connectivity index is 1.78. The lowest BCUT2D eigenvalue weighted by molar-refractivity contribution is -0.159. The number of hydrogen-bond acceptors (Lipinski definition) is 7. The molecule has 10 heteroatoms. The SMILES string of the molecule is C=CCCC(=O)NC[C@@H](C)OC(=O)[C@@H]1[C@H]2C(=O)N(CCO)[C@H](C(=O)N(CC=C)CCCCC)[C@]23CC[C@H]1O3. The number of aliphatic hydroxyl groups is 1. The fourth-order valence-electron chi connectivity index (χ4n) is 6.12. The number of carbonyl (C=O) groups is 4.